The summed E-state index contributed by atoms with van der Waals surface area (Å²) < 4.78 is 23.6. The lowest BCUT2D eigenvalue weighted by molar-refractivity contribution is -0.121. The van der Waals surface area contributed by atoms with Gasteiger partial charge in [-0.25, -0.2) is 13.4 Å². The smallest absolute Gasteiger partial charge is 0.280 e. The lowest BCUT2D eigenvalue weighted by Crippen LogP contribution is -2.30. The van der Waals surface area contributed by atoms with Crippen LogP contribution in [0.2, 0.25) is 0 Å². The van der Waals surface area contributed by atoms with Gasteiger partial charge in [0.15, 0.2) is 5.03 Å². The summed E-state index contributed by atoms with van der Waals surface area (Å²) in [7, 11) is 1.32. The Labute approximate surface area is 111 Å². The fourth-order valence-corrected chi connectivity index (χ4v) is 2.00. The van der Waals surface area contributed by atoms with Crippen LogP contribution < -0.4 is 5.32 Å². The van der Waals surface area contributed by atoms with E-state index in [0.717, 1.165) is 0 Å². The lowest BCUT2D eigenvalue weighted by Gasteiger charge is -2.08. The summed E-state index contributed by atoms with van der Waals surface area (Å²) in [6, 6.07) is 0. The van der Waals surface area contributed by atoms with Crippen molar-refractivity contribution in [3.05, 3.63) is 12.0 Å². The predicted octanol–water partition coefficient (Wildman–Crippen LogP) is 0.891. The summed E-state index contributed by atoms with van der Waals surface area (Å²) in [5.74, 6) is 0.591. The lowest BCUT2D eigenvalue weighted by atomic mass is 10.2. The van der Waals surface area contributed by atoms with Gasteiger partial charge in [0, 0.05) is 23.4 Å². The van der Waals surface area contributed by atoms with Crippen LogP contribution in [-0.2, 0) is 20.4 Å². The molecule has 0 aliphatic carbocycles. The molecule has 18 heavy (non-hydrogen) atoms. The average Bonchev–Trinajstić information content (AvgIpc) is 2.57. The van der Waals surface area contributed by atoms with E-state index in [9.17, 15) is 13.2 Å². The molecule has 8 heteroatoms. The highest BCUT2D eigenvalue weighted by Crippen LogP contribution is 2.13. The summed E-state index contributed by atoms with van der Waals surface area (Å²) >= 11 is 0. The average molecular weight is 294 g/mol. The van der Waals surface area contributed by atoms with Gasteiger partial charge in [0.2, 0.25) is 5.91 Å². The summed E-state index contributed by atoms with van der Waals surface area (Å²) in [6.07, 6.45) is 1.26. The maximum Gasteiger partial charge on any atom is 0.280 e. The molecule has 0 saturated carbocycles. The molecule has 0 radical (unpaired) electrons. The minimum absolute atomic E-state index is 0.0258. The number of amides is 1. The molecule has 0 atom stereocenters. The van der Waals surface area contributed by atoms with Crippen molar-refractivity contribution < 1.29 is 13.2 Å². The minimum atomic E-state index is -3.86. The molecular weight excluding hydrogens is 278 g/mol. The number of carbonyl (C=O) groups is 1. The number of halogens is 1. The summed E-state index contributed by atoms with van der Waals surface area (Å²) in [5, 5.41) is 2.50. The van der Waals surface area contributed by atoms with Crippen molar-refractivity contribution in [1.29, 1.82) is 0 Å². The van der Waals surface area contributed by atoms with Crippen LogP contribution in [0.4, 0.5) is 0 Å². The first kappa shape index (κ1) is 15.0. The zero-order valence-electron chi connectivity index (χ0n) is 10.5. The van der Waals surface area contributed by atoms with Crippen molar-refractivity contribution in [2.24, 2.45) is 5.92 Å². The molecule has 102 valence electrons. The number of aryl methyl sites for hydroxylation is 1. The zero-order valence-corrected chi connectivity index (χ0v) is 12.0. The quantitative estimate of drug-likeness (QED) is 0.818. The van der Waals surface area contributed by atoms with E-state index in [1.54, 1.807) is 6.92 Å². The molecule has 1 N–H and O–H groups in total. The van der Waals surface area contributed by atoms with Crippen LogP contribution in [0, 0.1) is 12.8 Å². The molecule has 1 aromatic rings. The van der Waals surface area contributed by atoms with Gasteiger partial charge in [0.05, 0.1) is 0 Å². The maximum absolute atomic E-state index is 11.6. The Morgan fingerprint density at radius 3 is 2.61 bits per heavy atom. The SMILES string of the molecule is Cc1nc(S(=O)(=O)Cl)cn1CC(=O)NCC(C)C. The third-order valence-electron chi connectivity index (χ3n) is 2.23. The van der Waals surface area contributed by atoms with Gasteiger partial charge in [-0.05, 0) is 12.8 Å². The van der Waals surface area contributed by atoms with Crippen LogP contribution in [-0.4, -0.2) is 30.4 Å². The van der Waals surface area contributed by atoms with Crippen LogP contribution >= 0.6 is 10.7 Å². The highest BCUT2D eigenvalue weighted by Gasteiger charge is 2.17. The second kappa shape index (κ2) is 5.71. The van der Waals surface area contributed by atoms with Crippen molar-refractivity contribution in [3.63, 3.8) is 0 Å². The van der Waals surface area contributed by atoms with Gasteiger partial charge in [-0.15, -0.1) is 0 Å². The Morgan fingerprint density at radius 2 is 2.17 bits per heavy atom. The van der Waals surface area contributed by atoms with Crippen LogP contribution in [0.5, 0.6) is 0 Å². The van der Waals surface area contributed by atoms with E-state index in [0.29, 0.717) is 18.3 Å². The first-order valence-electron chi connectivity index (χ1n) is 5.45. The summed E-state index contributed by atoms with van der Waals surface area (Å²) in [4.78, 5) is 15.4. The van der Waals surface area contributed by atoms with Crippen molar-refractivity contribution in [3.8, 4) is 0 Å². The molecule has 0 aliphatic rings. The van der Waals surface area contributed by atoms with Crippen molar-refractivity contribution in [2.45, 2.75) is 32.3 Å². The Balaban J connectivity index is 2.74. The first-order valence-corrected chi connectivity index (χ1v) is 7.76. The topological polar surface area (TPSA) is 81.1 Å². The van der Waals surface area contributed by atoms with Crippen LogP contribution in [0.15, 0.2) is 11.2 Å². The molecule has 1 rings (SSSR count). The van der Waals surface area contributed by atoms with Gasteiger partial charge in [-0.3, -0.25) is 4.79 Å². The number of rotatable bonds is 5. The molecule has 0 unspecified atom stereocenters. The fraction of sp³-hybridized carbons (Fsp3) is 0.600. The molecule has 0 aliphatic heterocycles. The van der Waals surface area contributed by atoms with Crippen molar-refractivity contribution in [2.75, 3.05) is 6.54 Å². The Kier molecular flexibility index (Phi) is 4.75. The van der Waals surface area contributed by atoms with Gasteiger partial charge in [0.1, 0.15) is 12.4 Å². The molecule has 0 bridgehead atoms. The van der Waals surface area contributed by atoms with Gasteiger partial charge in [0.25, 0.3) is 9.05 Å². The number of hydrogen-bond acceptors (Lipinski definition) is 4. The van der Waals surface area contributed by atoms with E-state index in [4.69, 9.17) is 10.7 Å². The Morgan fingerprint density at radius 1 is 1.56 bits per heavy atom. The fourth-order valence-electron chi connectivity index (χ4n) is 1.29. The van der Waals surface area contributed by atoms with Crippen LogP contribution in [0.25, 0.3) is 0 Å². The van der Waals surface area contributed by atoms with Gasteiger partial charge in [-0.1, -0.05) is 13.8 Å². The van der Waals surface area contributed by atoms with E-state index in [-0.39, 0.29) is 17.5 Å². The normalized spacial score (nSPS) is 11.8. The van der Waals surface area contributed by atoms with Crippen molar-refractivity contribution in [1.82, 2.24) is 14.9 Å². The van der Waals surface area contributed by atoms with Gasteiger partial charge < -0.3 is 9.88 Å². The Hall–Kier alpha value is -1.08. The van der Waals surface area contributed by atoms with Gasteiger partial charge in [-0.2, -0.15) is 0 Å². The summed E-state index contributed by atoms with van der Waals surface area (Å²) in [6.45, 7) is 6.19. The van der Waals surface area contributed by atoms with E-state index in [2.05, 4.69) is 10.3 Å². The van der Waals surface area contributed by atoms with E-state index in [1.165, 1.54) is 10.8 Å². The second-order valence-corrected chi connectivity index (χ2v) is 6.90. The molecule has 0 saturated heterocycles. The number of carbonyl (C=O) groups excluding carboxylic acids is 1. The molecule has 1 heterocycles. The third-order valence-corrected chi connectivity index (χ3v) is 3.40. The molecule has 0 fully saturated rings. The number of hydrogen-bond donors (Lipinski definition) is 1. The number of imidazole rings is 1. The molecular formula is C10H16ClN3O3S. The number of nitrogens with one attached hydrogen (secondary N) is 1. The van der Waals surface area contributed by atoms with Crippen LogP contribution in [0.1, 0.15) is 19.7 Å². The monoisotopic (exact) mass is 293 g/mol. The number of aromatic nitrogens is 2. The highest BCUT2D eigenvalue weighted by molar-refractivity contribution is 8.13. The van der Waals surface area contributed by atoms with Crippen molar-refractivity contribution >= 4 is 25.6 Å². The second-order valence-electron chi connectivity index (χ2n) is 4.39. The Bertz CT molecular complexity index is 537. The third kappa shape index (κ3) is 4.30. The number of nitrogens with zero attached hydrogens (tertiary/aromatic N) is 2. The maximum atomic E-state index is 11.6. The largest absolute Gasteiger partial charge is 0.354 e. The molecule has 0 spiro atoms. The summed E-state index contributed by atoms with van der Waals surface area (Å²) in [5.41, 5.74) is 0. The van der Waals surface area contributed by atoms with E-state index >= 15 is 0 Å². The predicted molar refractivity (Wildman–Crippen MR) is 67.9 cm³/mol. The molecule has 0 aromatic carbocycles. The van der Waals surface area contributed by atoms with E-state index < -0.39 is 9.05 Å². The standard InChI is InChI=1S/C10H16ClN3O3S/c1-7(2)4-12-9(15)5-14-6-10(13-8(14)3)18(11,16)17/h6-7H,4-5H2,1-3H3,(H,12,15). The minimum Gasteiger partial charge on any atom is -0.354 e. The molecule has 6 nitrogen and oxygen atoms in total. The van der Waals surface area contributed by atoms with Crippen LogP contribution in [0.3, 0.4) is 0 Å². The highest BCUT2D eigenvalue weighted by atomic mass is 35.7. The molecule has 1 amide bonds. The molecule has 1 aromatic heterocycles. The van der Waals surface area contributed by atoms with E-state index in [1.807, 2.05) is 13.8 Å². The first-order chi connectivity index (χ1) is 8.20. The van der Waals surface area contributed by atoms with Gasteiger partial charge >= 0.3 is 0 Å². The zero-order chi connectivity index (χ0) is 13.9.